The molecule has 178 valence electrons. The molecule has 12 heteroatoms. The predicted molar refractivity (Wildman–Crippen MR) is 129 cm³/mol. The maximum absolute atomic E-state index is 13.4. The van der Waals surface area contributed by atoms with Gasteiger partial charge < -0.3 is 15.4 Å². The Morgan fingerprint density at radius 2 is 2.03 bits per heavy atom. The number of benzene rings is 2. The van der Waals surface area contributed by atoms with E-state index in [1.807, 2.05) is 35.8 Å². The molecule has 1 aromatic heterocycles. The van der Waals surface area contributed by atoms with Crippen molar-refractivity contribution in [2.24, 2.45) is 9.98 Å². The number of halogens is 2. The first-order valence-corrected chi connectivity index (χ1v) is 11.1. The number of nitrogens with one attached hydrogen (secondary N) is 3. The van der Waals surface area contributed by atoms with Crippen molar-refractivity contribution in [3.05, 3.63) is 70.1 Å². The predicted octanol–water partition coefficient (Wildman–Crippen LogP) is 3.43. The Morgan fingerprint density at radius 1 is 1.21 bits per heavy atom. The lowest BCUT2D eigenvalue weighted by molar-refractivity contribution is -0.108. The van der Waals surface area contributed by atoms with Crippen molar-refractivity contribution in [1.82, 2.24) is 21.1 Å². The Bertz CT molecular complexity index is 1120. The minimum atomic E-state index is -0.429. The molecule has 2 aromatic carbocycles. The molecule has 0 aliphatic rings. The van der Waals surface area contributed by atoms with Gasteiger partial charge in [-0.1, -0.05) is 30.3 Å². The molecule has 0 bridgehead atoms. The summed E-state index contributed by atoms with van der Waals surface area (Å²) in [5.74, 6) is -0.435. The van der Waals surface area contributed by atoms with Crippen molar-refractivity contribution in [2.45, 2.75) is 12.3 Å². The number of carbonyl (C=O) groups excluding carboxylic acids is 1. The molecule has 1 atom stereocenters. The van der Waals surface area contributed by atoms with Crippen molar-refractivity contribution >= 4 is 45.9 Å². The number of carbonyl (C=O) groups is 1. The number of rotatable bonds is 12. The minimum Gasteiger partial charge on any atom is -0.376 e. The minimum absolute atomic E-state index is 0.0179. The van der Waals surface area contributed by atoms with Gasteiger partial charge in [0.15, 0.2) is 11.5 Å². The molecular formula is C22H23BrFN7O3. The van der Waals surface area contributed by atoms with Crippen LogP contribution in [0.15, 0.2) is 67.6 Å². The van der Waals surface area contributed by atoms with Gasteiger partial charge in [0.25, 0.3) is 0 Å². The molecule has 0 fully saturated rings. The van der Waals surface area contributed by atoms with Gasteiger partial charge in [-0.2, -0.15) is 0 Å². The van der Waals surface area contributed by atoms with E-state index in [2.05, 4.69) is 46.9 Å². The van der Waals surface area contributed by atoms with E-state index in [4.69, 9.17) is 4.63 Å². The first kappa shape index (κ1) is 25.0. The smallest absolute Gasteiger partial charge is 0.202 e. The fourth-order valence-corrected chi connectivity index (χ4v) is 3.26. The molecule has 3 rings (SSSR count). The zero-order valence-corrected chi connectivity index (χ0v) is 19.6. The summed E-state index contributed by atoms with van der Waals surface area (Å²) in [4.78, 5) is 19.8. The van der Waals surface area contributed by atoms with Crippen molar-refractivity contribution in [2.75, 3.05) is 25.0 Å². The lowest BCUT2D eigenvalue weighted by Crippen LogP contribution is -2.22. The van der Waals surface area contributed by atoms with Gasteiger partial charge in [-0.3, -0.25) is 15.7 Å². The third-order valence-electron chi connectivity index (χ3n) is 4.63. The van der Waals surface area contributed by atoms with E-state index in [9.17, 15) is 14.4 Å². The highest BCUT2D eigenvalue weighted by Gasteiger charge is 2.16. The van der Waals surface area contributed by atoms with Gasteiger partial charge in [-0.05, 0) is 56.4 Å². The zero-order valence-electron chi connectivity index (χ0n) is 18.0. The van der Waals surface area contributed by atoms with Gasteiger partial charge in [-0.15, -0.1) is 0 Å². The Morgan fingerprint density at radius 3 is 2.76 bits per heavy atom. The molecule has 34 heavy (non-hydrogen) atoms. The molecule has 0 aliphatic heterocycles. The van der Waals surface area contributed by atoms with E-state index >= 15 is 0 Å². The molecule has 0 amide bonds. The van der Waals surface area contributed by atoms with Crippen LogP contribution in [-0.2, 0) is 4.79 Å². The highest BCUT2D eigenvalue weighted by Crippen LogP contribution is 2.23. The zero-order chi connectivity index (χ0) is 24.2. The van der Waals surface area contributed by atoms with E-state index in [-0.39, 0.29) is 27.7 Å². The number of amidine groups is 1. The van der Waals surface area contributed by atoms with Gasteiger partial charge in [0, 0.05) is 13.1 Å². The maximum Gasteiger partial charge on any atom is 0.202 e. The molecule has 3 aromatic rings. The number of hydroxylamine groups is 1. The summed E-state index contributed by atoms with van der Waals surface area (Å²) in [6, 6.07) is 13.6. The maximum atomic E-state index is 13.4. The summed E-state index contributed by atoms with van der Waals surface area (Å²) < 4.78 is 18.4. The Hall–Kier alpha value is -3.64. The van der Waals surface area contributed by atoms with Crippen LogP contribution in [0.2, 0.25) is 0 Å². The van der Waals surface area contributed by atoms with E-state index in [1.54, 1.807) is 6.34 Å². The molecule has 1 heterocycles. The van der Waals surface area contributed by atoms with Crippen LogP contribution in [0.5, 0.6) is 0 Å². The molecule has 0 saturated heterocycles. The Balaban J connectivity index is 1.45. The molecule has 0 aliphatic carbocycles. The molecule has 10 nitrogen and oxygen atoms in total. The number of nitrogens with zero attached hydrogens (tertiary/aromatic N) is 4. The highest BCUT2D eigenvalue weighted by molar-refractivity contribution is 9.10. The third kappa shape index (κ3) is 7.18. The third-order valence-corrected chi connectivity index (χ3v) is 5.24. The van der Waals surface area contributed by atoms with Gasteiger partial charge in [0.1, 0.15) is 12.1 Å². The second-order valence-corrected chi connectivity index (χ2v) is 7.87. The van der Waals surface area contributed by atoms with Crippen LogP contribution in [0, 0.1) is 5.82 Å². The number of hydrogen-bond donors (Lipinski definition) is 4. The summed E-state index contributed by atoms with van der Waals surface area (Å²) in [5, 5.41) is 23.1. The van der Waals surface area contributed by atoms with Crippen LogP contribution >= 0.6 is 15.9 Å². The van der Waals surface area contributed by atoms with Crippen LogP contribution in [0.3, 0.4) is 0 Å². The van der Waals surface area contributed by atoms with Gasteiger partial charge in [0.2, 0.25) is 5.82 Å². The quantitative estimate of drug-likeness (QED) is 0.0916. The second-order valence-electron chi connectivity index (χ2n) is 7.01. The van der Waals surface area contributed by atoms with Crippen LogP contribution in [0.1, 0.15) is 23.6 Å². The SMILES string of the molecule is O=CC(CN=CNCCCNc1nonc1C(=Nc1ccc(F)c(Br)c1)NO)c1ccccc1. The van der Waals surface area contributed by atoms with E-state index in [0.29, 0.717) is 31.7 Å². The number of aliphatic imine (C=N–C) groups is 2. The summed E-state index contributed by atoms with van der Waals surface area (Å²) in [5.41, 5.74) is 3.44. The number of anilines is 1. The molecule has 0 spiro atoms. The molecular weight excluding hydrogens is 509 g/mol. The first-order chi connectivity index (χ1) is 16.6. The van der Waals surface area contributed by atoms with Crippen LogP contribution < -0.4 is 16.1 Å². The van der Waals surface area contributed by atoms with E-state index < -0.39 is 5.82 Å². The van der Waals surface area contributed by atoms with Crippen molar-refractivity contribution in [3.63, 3.8) is 0 Å². The number of aromatic nitrogens is 2. The van der Waals surface area contributed by atoms with Crippen LogP contribution in [-0.4, -0.2) is 53.6 Å². The van der Waals surface area contributed by atoms with Crippen molar-refractivity contribution in [3.8, 4) is 0 Å². The van der Waals surface area contributed by atoms with Crippen LogP contribution in [0.4, 0.5) is 15.9 Å². The molecule has 0 saturated carbocycles. The average Bonchev–Trinajstić information content (AvgIpc) is 3.32. The number of hydrogen-bond acceptors (Lipinski definition) is 8. The lowest BCUT2D eigenvalue weighted by atomic mass is 10.0. The standard InChI is InChI=1S/C22H23BrFN7O3/c23-18-11-17(7-8-19(18)24)28-22(29-33)20-21(31-34-30-20)27-10-4-9-25-14-26-12-16(13-32)15-5-2-1-3-6-15/h1-3,5-8,11,13-14,16,33H,4,9-10,12H2,(H,25,26)(H,27,31)(H,28,29). The average molecular weight is 532 g/mol. The Kier molecular flexibility index (Phi) is 9.67. The highest BCUT2D eigenvalue weighted by atomic mass is 79.9. The van der Waals surface area contributed by atoms with Crippen molar-refractivity contribution < 1.29 is 19.0 Å². The molecule has 4 N–H and O–H groups in total. The summed E-state index contributed by atoms with van der Waals surface area (Å²) in [6.45, 7) is 1.51. The molecule has 0 radical (unpaired) electrons. The fourth-order valence-electron chi connectivity index (χ4n) is 2.89. The van der Waals surface area contributed by atoms with E-state index in [0.717, 1.165) is 11.8 Å². The van der Waals surface area contributed by atoms with E-state index in [1.165, 1.54) is 18.2 Å². The van der Waals surface area contributed by atoms with Crippen molar-refractivity contribution in [1.29, 1.82) is 0 Å². The first-order valence-electron chi connectivity index (χ1n) is 10.3. The Labute approximate surface area is 203 Å². The fraction of sp³-hybridized carbons (Fsp3) is 0.227. The van der Waals surface area contributed by atoms with Gasteiger partial charge in [0.05, 0.1) is 29.0 Å². The normalized spacial score (nSPS) is 12.5. The summed E-state index contributed by atoms with van der Waals surface area (Å²) >= 11 is 3.09. The largest absolute Gasteiger partial charge is 0.376 e. The lowest BCUT2D eigenvalue weighted by Gasteiger charge is -2.07. The monoisotopic (exact) mass is 531 g/mol. The topological polar surface area (TPSA) is 137 Å². The van der Waals surface area contributed by atoms with Gasteiger partial charge >= 0.3 is 0 Å². The second kappa shape index (κ2) is 13.2. The summed E-state index contributed by atoms with van der Waals surface area (Å²) in [7, 11) is 0. The number of aldehydes is 1. The summed E-state index contributed by atoms with van der Waals surface area (Å²) in [6.07, 6.45) is 3.19. The van der Waals surface area contributed by atoms with Gasteiger partial charge in [-0.25, -0.2) is 14.0 Å². The van der Waals surface area contributed by atoms with Crippen LogP contribution in [0.25, 0.3) is 0 Å². The molecule has 1 unspecified atom stereocenters.